The van der Waals surface area contributed by atoms with E-state index >= 15 is 0 Å². The molecule has 3 N–H and O–H groups in total. The minimum Gasteiger partial charge on any atom is -0.591 e. The number of fused-ring (bicyclic) bond motifs is 1. The number of halogens is 4. The van der Waals surface area contributed by atoms with E-state index in [1.54, 1.807) is 27.7 Å². The molecule has 1 amide bonds. The van der Waals surface area contributed by atoms with Crippen LogP contribution >= 0.6 is 0 Å². The quantitative estimate of drug-likeness (QED) is 0.144. The first-order valence-corrected chi connectivity index (χ1v) is 15.9. The highest BCUT2D eigenvalue weighted by Gasteiger charge is 2.57. The van der Waals surface area contributed by atoms with E-state index in [-0.39, 0.29) is 52.8 Å². The molecule has 0 bridgehead atoms. The van der Waals surface area contributed by atoms with E-state index < -0.39 is 63.4 Å². The van der Waals surface area contributed by atoms with Gasteiger partial charge < -0.3 is 34.3 Å². The molecule has 0 spiro atoms. The monoisotopic (exact) mass is 695 g/mol. The third-order valence-electron chi connectivity index (χ3n) is 7.48. The van der Waals surface area contributed by atoms with Crippen LogP contribution in [0.25, 0.3) is 11.3 Å². The van der Waals surface area contributed by atoms with Crippen LogP contribution in [0, 0.1) is 5.82 Å². The van der Waals surface area contributed by atoms with Gasteiger partial charge in [0.1, 0.15) is 46.6 Å². The first kappa shape index (κ1) is 36.9. The molecular formula is C33H37F4N3O7S. The second-order valence-electron chi connectivity index (χ2n) is 12.6. The van der Waals surface area contributed by atoms with Crippen LogP contribution in [0.3, 0.4) is 0 Å². The van der Waals surface area contributed by atoms with Crippen LogP contribution in [0.4, 0.5) is 17.6 Å². The maximum atomic E-state index is 14.8. The average molecular weight is 696 g/mol. The average Bonchev–Trinajstić information content (AvgIpc) is 3.36. The second-order valence-corrected chi connectivity index (χ2v) is 14.5. The van der Waals surface area contributed by atoms with E-state index in [9.17, 15) is 37.1 Å². The number of nitrogens with zero attached hydrogens (tertiary/aromatic N) is 2. The molecule has 260 valence electrons. The van der Waals surface area contributed by atoms with Gasteiger partial charge >= 0.3 is 6.18 Å². The van der Waals surface area contributed by atoms with Gasteiger partial charge in [-0.1, -0.05) is 4.40 Å². The molecule has 1 aromatic heterocycles. The molecule has 0 radical (unpaired) electrons. The van der Waals surface area contributed by atoms with Gasteiger partial charge in [-0.05, 0) is 83.1 Å². The van der Waals surface area contributed by atoms with Crippen LogP contribution in [0.2, 0.25) is 0 Å². The number of aliphatic hydroxyl groups excluding tert-OH is 1. The van der Waals surface area contributed by atoms with Crippen molar-refractivity contribution in [3.8, 4) is 28.5 Å². The lowest BCUT2D eigenvalue weighted by Crippen LogP contribution is -2.51. The summed E-state index contributed by atoms with van der Waals surface area (Å²) in [4.78, 5) is 17.3. The summed E-state index contributed by atoms with van der Waals surface area (Å²) in [5.74, 6) is -1.20. The lowest BCUT2D eigenvalue weighted by atomic mass is 9.83. The maximum absolute atomic E-state index is 14.8. The number of hydrogen-bond donors (Lipinski definition) is 3. The molecule has 0 saturated heterocycles. The number of carbonyl (C=O) groups is 1. The third-order valence-corrected chi connectivity index (χ3v) is 8.83. The number of rotatable bonds is 11. The summed E-state index contributed by atoms with van der Waals surface area (Å²) in [6, 6.07) is 9.72. The van der Waals surface area contributed by atoms with Crippen molar-refractivity contribution in [3.05, 3.63) is 71.2 Å². The molecule has 0 aliphatic carbocycles. The third kappa shape index (κ3) is 7.86. The lowest BCUT2D eigenvalue weighted by molar-refractivity contribution is -0.265. The fourth-order valence-electron chi connectivity index (χ4n) is 4.63. The summed E-state index contributed by atoms with van der Waals surface area (Å²) in [6.07, 6.45) is -4.80. The van der Waals surface area contributed by atoms with Crippen molar-refractivity contribution >= 4 is 23.5 Å². The maximum Gasteiger partial charge on any atom is 0.424 e. The molecule has 1 aliphatic rings. The fraction of sp³-hybridized carbons (Fsp3) is 0.424. The largest absolute Gasteiger partial charge is 0.591 e. The van der Waals surface area contributed by atoms with Crippen LogP contribution in [-0.4, -0.2) is 75.8 Å². The fourth-order valence-corrected chi connectivity index (χ4v) is 5.28. The topological polar surface area (TPSA) is 146 Å². The van der Waals surface area contributed by atoms with Crippen molar-refractivity contribution in [2.24, 2.45) is 4.40 Å². The van der Waals surface area contributed by atoms with Gasteiger partial charge in [-0.2, -0.15) is 13.2 Å². The Bertz CT molecular complexity index is 1660. The Hall–Kier alpha value is -3.92. The number of pyridine rings is 1. The summed E-state index contributed by atoms with van der Waals surface area (Å²) < 4.78 is 91.0. The van der Waals surface area contributed by atoms with Gasteiger partial charge in [-0.3, -0.25) is 4.79 Å². The Kier molecular flexibility index (Phi) is 10.7. The van der Waals surface area contributed by atoms with E-state index in [4.69, 9.17) is 14.2 Å². The highest BCUT2D eigenvalue weighted by molar-refractivity contribution is 7.91. The van der Waals surface area contributed by atoms with Crippen LogP contribution in [0.15, 0.2) is 52.9 Å². The van der Waals surface area contributed by atoms with Crippen molar-refractivity contribution in [2.75, 3.05) is 26.9 Å². The number of ether oxygens (including phenoxy) is 3. The minimum absolute atomic E-state index is 0.0708. The van der Waals surface area contributed by atoms with Gasteiger partial charge in [0.2, 0.25) is 5.60 Å². The number of aliphatic hydroxyl groups is 2. The summed E-state index contributed by atoms with van der Waals surface area (Å²) >= 11 is -1.70. The van der Waals surface area contributed by atoms with E-state index in [2.05, 4.69) is 14.7 Å². The van der Waals surface area contributed by atoms with Crippen LogP contribution in [-0.2, 0) is 22.4 Å². The first-order chi connectivity index (χ1) is 22.3. The van der Waals surface area contributed by atoms with Gasteiger partial charge in [0.05, 0.1) is 37.1 Å². The van der Waals surface area contributed by atoms with Gasteiger partial charge in [0, 0.05) is 16.7 Å². The van der Waals surface area contributed by atoms with E-state index in [0.717, 1.165) is 18.2 Å². The van der Waals surface area contributed by atoms with E-state index in [1.165, 1.54) is 50.6 Å². The molecule has 2 heterocycles. The smallest absolute Gasteiger partial charge is 0.424 e. The van der Waals surface area contributed by atoms with Crippen molar-refractivity contribution in [3.63, 3.8) is 0 Å². The summed E-state index contributed by atoms with van der Waals surface area (Å²) in [6.45, 7) is 6.75. The van der Waals surface area contributed by atoms with E-state index in [0.29, 0.717) is 0 Å². The zero-order chi connectivity index (χ0) is 35.7. The highest BCUT2D eigenvalue weighted by atomic mass is 32.2. The number of benzene rings is 2. The first-order valence-electron chi connectivity index (χ1n) is 14.8. The number of hydrogen-bond acceptors (Lipinski definition) is 9. The number of nitrogens with one attached hydrogen (secondary N) is 1. The number of alkyl halides is 3. The molecule has 4 atom stereocenters. The number of methoxy groups -OCH3 is 1. The van der Waals surface area contributed by atoms with Gasteiger partial charge in [-0.25, -0.2) is 9.37 Å². The van der Waals surface area contributed by atoms with Gasteiger partial charge in [-0.15, -0.1) is 0 Å². The van der Waals surface area contributed by atoms with E-state index in [1.807, 2.05) is 0 Å². The molecule has 0 fully saturated rings. The Morgan fingerprint density at radius 2 is 1.85 bits per heavy atom. The minimum atomic E-state index is -5.35. The Labute approximate surface area is 278 Å². The predicted octanol–water partition coefficient (Wildman–Crippen LogP) is 5.02. The molecule has 15 heteroatoms. The standard InChI is InChI=1S/C33H37F4N3O7S/c1-19(41)15-46-24-12-9-21(13-25(24)45-6)29(42)38-17-32(43,33(35,36)37)26-14-23-28(27(40-26)20-7-10-22(34)11-8-20)47-18-31(23,5)16-39-48(44)30(2,3)4/h7-14,16,19,41,43H,15,17-18H2,1-6H3,(H,38,42)/b39-16+/t19-,31?,32?,48?/m1/s1. The van der Waals surface area contributed by atoms with Crippen LogP contribution in [0.5, 0.6) is 17.2 Å². The normalized spacial score (nSPS) is 18.9. The lowest BCUT2D eigenvalue weighted by Gasteiger charge is -2.31. The highest BCUT2D eigenvalue weighted by Crippen LogP contribution is 2.47. The summed E-state index contributed by atoms with van der Waals surface area (Å²) in [5.41, 5.74) is -5.63. The van der Waals surface area contributed by atoms with Crippen molar-refractivity contribution in [2.45, 2.75) is 62.7 Å². The predicted molar refractivity (Wildman–Crippen MR) is 171 cm³/mol. The van der Waals surface area contributed by atoms with Crippen molar-refractivity contribution < 1.29 is 51.3 Å². The van der Waals surface area contributed by atoms with Crippen LogP contribution < -0.4 is 19.5 Å². The summed E-state index contributed by atoms with van der Waals surface area (Å²) in [5, 5.41) is 23.0. The van der Waals surface area contributed by atoms with Crippen molar-refractivity contribution in [1.82, 2.24) is 10.3 Å². The SMILES string of the molecule is COc1cc(C(=O)NCC(O)(c2cc3c(c(-c4ccc(F)cc4)n2)OCC3(C)/C=N/[S+]([O-])C(C)(C)C)C(F)(F)F)ccc1OC[C@@H](C)O. The molecular weight excluding hydrogens is 658 g/mol. The zero-order valence-electron chi connectivity index (χ0n) is 27.1. The van der Waals surface area contributed by atoms with Crippen molar-refractivity contribution in [1.29, 1.82) is 0 Å². The zero-order valence-corrected chi connectivity index (χ0v) is 28.0. The molecule has 10 nitrogen and oxygen atoms in total. The molecule has 2 aromatic carbocycles. The Morgan fingerprint density at radius 3 is 2.44 bits per heavy atom. The molecule has 1 aliphatic heterocycles. The number of aromatic nitrogens is 1. The summed E-state index contributed by atoms with van der Waals surface area (Å²) in [7, 11) is 1.30. The Balaban J connectivity index is 1.77. The molecule has 0 saturated carbocycles. The number of amides is 1. The Morgan fingerprint density at radius 1 is 1.19 bits per heavy atom. The molecule has 3 unspecified atom stereocenters. The molecule has 48 heavy (non-hydrogen) atoms. The number of carbonyl (C=O) groups excluding carboxylic acids is 1. The molecule has 3 aromatic rings. The van der Waals surface area contributed by atoms with Gasteiger partial charge in [0.15, 0.2) is 11.5 Å². The molecule has 4 rings (SSSR count). The van der Waals surface area contributed by atoms with Gasteiger partial charge in [0.25, 0.3) is 5.91 Å². The van der Waals surface area contributed by atoms with Crippen LogP contribution in [0.1, 0.15) is 56.2 Å². The second kappa shape index (κ2) is 13.9.